The molecule has 43 heavy (non-hydrogen) atoms. The minimum absolute atomic E-state index is 0.0861. The van der Waals surface area contributed by atoms with E-state index in [0.717, 1.165) is 37.9 Å². The molecular formula is C35H45BN2O4Sn. The summed E-state index contributed by atoms with van der Waals surface area (Å²) in [4.78, 5) is 20.1. The number of amides is 1. The van der Waals surface area contributed by atoms with Crippen molar-refractivity contribution in [2.45, 2.75) is 123 Å². The van der Waals surface area contributed by atoms with Crippen LogP contribution >= 0.6 is 0 Å². The van der Waals surface area contributed by atoms with Gasteiger partial charge in [-0.25, -0.2) is 0 Å². The van der Waals surface area contributed by atoms with Crippen molar-refractivity contribution in [1.82, 2.24) is 4.90 Å². The molecule has 2 saturated heterocycles. The van der Waals surface area contributed by atoms with E-state index >= 15 is 0 Å². The predicted molar refractivity (Wildman–Crippen MR) is 174 cm³/mol. The zero-order chi connectivity index (χ0) is 30.4. The predicted octanol–water partition coefficient (Wildman–Crippen LogP) is 6.08. The molecule has 1 spiro atoms. The second-order valence-electron chi connectivity index (χ2n) is 15.5. The van der Waals surface area contributed by atoms with Crippen LogP contribution in [0.5, 0.6) is 0 Å². The van der Waals surface area contributed by atoms with Crippen LogP contribution in [0.3, 0.4) is 0 Å². The molecule has 3 fully saturated rings. The van der Waals surface area contributed by atoms with Crippen molar-refractivity contribution in [3.63, 3.8) is 0 Å². The van der Waals surface area contributed by atoms with Gasteiger partial charge in [0.1, 0.15) is 0 Å². The number of aliphatic imine (C=N–C) groups is 1. The standard InChI is InChI=1S/C35H45BN2O4.Sn/c1-32(2,3)40-31(39)38-20-10-11-26(38)23-37-25-14-12-24(13-15-25)27-16-17-30(36-41-33(4,5)34(6,7)42-36)29-22-35(21-28(27)29)18-8-9-19-35;/h12-14,16-17,26H,8-11,18-22H2,1-7H3;/t26-;/m0./s1. The maximum atomic E-state index is 13.0. The second-order valence-corrected chi connectivity index (χ2v) is 19.2. The number of rotatable bonds is 3. The van der Waals surface area contributed by atoms with Crippen LogP contribution in [-0.2, 0) is 26.9 Å². The average molecular weight is 687 g/mol. The molecule has 5 aliphatic rings. The van der Waals surface area contributed by atoms with E-state index in [1.807, 2.05) is 25.7 Å². The number of ether oxygens (including phenoxy) is 1. The third-order valence-corrected chi connectivity index (χ3v) is 14.7. The van der Waals surface area contributed by atoms with Crippen LogP contribution in [0.4, 0.5) is 10.5 Å². The number of carbonyl (C=O) groups is 1. The SMILES string of the molecule is CC(C)(C)OC(=O)N1CCC[C@H]1[C]1=Nc2ccc(-c3ccc(B4OC(C)(C)C(C)(C)O4)c4c3CC3(CCCC3)C4)c[c]2[Sn]1. The molecule has 3 aliphatic heterocycles. The number of carbonyl (C=O) groups excluding carboxylic acids is 1. The quantitative estimate of drug-likeness (QED) is 0.367. The molecule has 1 amide bonds. The fourth-order valence-electron chi connectivity index (χ4n) is 7.82. The fraction of sp³-hybridized carbons (Fsp3) is 0.600. The van der Waals surface area contributed by atoms with Crippen molar-refractivity contribution in [2.75, 3.05) is 6.54 Å². The summed E-state index contributed by atoms with van der Waals surface area (Å²) in [5, 5.41) is 0. The van der Waals surface area contributed by atoms with Crippen LogP contribution in [0.2, 0.25) is 0 Å². The Kier molecular flexibility index (Phi) is 7.18. The molecule has 0 bridgehead atoms. The van der Waals surface area contributed by atoms with E-state index in [-0.39, 0.29) is 30.5 Å². The van der Waals surface area contributed by atoms with Crippen molar-refractivity contribution in [2.24, 2.45) is 10.4 Å². The van der Waals surface area contributed by atoms with Gasteiger partial charge in [-0.1, -0.05) is 0 Å². The van der Waals surface area contributed by atoms with Gasteiger partial charge in [0.2, 0.25) is 0 Å². The number of benzene rings is 2. The molecule has 3 heterocycles. The monoisotopic (exact) mass is 688 g/mol. The van der Waals surface area contributed by atoms with Gasteiger partial charge in [0.25, 0.3) is 0 Å². The first-order valence-electron chi connectivity index (χ1n) is 16.2. The molecule has 2 aromatic carbocycles. The summed E-state index contributed by atoms with van der Waals surface area (Å²) in [6.07, 6.45) is 9.37. The first-order valence-corrected chi connectivity index (χ1v) is 19.1. The van der Waals surface area contributed by atoms with Crippen LogP contribution in [0.25, 0.3) is 11.1 Å². The summed E-state index contributed by atoms with van der Waals surface area (Å²) < 4.78 is 21.6. The van der Waals surface area contributed by atoms with Crippen molar-refractivity contribution < 1.29 is 18.8 Å². The summed E-state index contributed by atoms with van der Waals surface area (Å²) >= 11 is -1.12. The van der Waals surface area contributed by atoms with Crippen molar-refractivity contribution in [1.29, 1.82) is 0 Å². The van der Waals surface area contributed by atoms with Gasteiger partial charge in [-0.3, -0.25) is 0 Å². The van der Waals surface area contributed by atoms with E-state index in [1.165, 1.54) is 60.7 Å². The van der Waals surface area contributed by atoms with E-state index in [1.54, 1.807) is 0 Å². The molecule has 226 valence electrons. The summed E-state index contributed by atoms with van der Waals surface area (Å²) in [6.45, 7) is 15.1. The van der Waals surface area contributed by atoms with Crippen LogP contribution in [0.1, 0.15) is 98.1 Å². The summed E-state index contributed by atoms with van der Waals surface area (Å²) in [6, 6.07) is 11.6. The van der Waals surface area contributed by atoms with E-state index < -0.39 is 26.7 Å². The van der Waals surface area contributed by atoms with Gasteiger partial charge in [0, 0.05) is 0 Å². The Morgan fingerprint density at radius 3 is 2.40 bits per heavy atom. The average Bonchev–Trinajstić information content (AvgIpc) is 3.73. The van der Waals surface area contributed by atoms with Gasteiger partial charge in [0.05, 0.1) is 0 Å². The molecule has 7 rings (SSSR count). The van der Waals surface area contributed by atoms with Gasteiger partial charge in [-0.2, -0.15) is 0 Å². The Balaban J connectivity index is 1.18. The molecule has 8 heteroatoms. The molecular weight excluding hydrogens is 642 g/mol. The van der Waals surface area contributed by atoms with Gasteiger partial charge in [0.15, 0.2) is 0 Å². The van der Waals surface area contributed by atoms with Crippen molar-refractivity contribution in [3.05, 3.63) is 41.5 Å². The van der Waals surface area contributed by atoms with Crippen LogP contribution < -0.4 is 9.04 Å². The topological polar surface area (TPSA) is 60.4 Å². The zero-order valence-corrected chi connectivity index (χ0v) is 29.8. The normalized spacial score (nSPS) is 24.9. The first kappa shape index (κ1) is 29.9. The minimum atomic E-state index is -1.12. The van der Waals surface area contributed by atoms with Gasteiger partial charge in [-0.15, -0.1) is 0 Å². The zero-order valence-electron chi connectivity index (χ0n) is 26.9. The Labute approximate surface area is 267 Å². The first-order chi connectivity index (χ1) is 20.2. The number of hydrogen-bond donors (Lipinski definition) is 0. The third-order valence-electron chi connectivity index (χ3n) is 10.8. The third kappa shape index (κ3) is 5.29. The molecule has 2 aromatic rings. The fourth-order valence-corrected chi connectivity index (χ4v) is 11.9. The van der Waals surface area contributed by atoms with E-state index in [2.05, 4.69) is 58.0 Å². The van der Waals surface area contributed by atoms with Crippen LogP contribution in [0, 0.1) is 5.41 Å². The molecule has 2 aliphatic carbocycles. The van der Waals surface area contributed by atoms with E-state index in [9.17, 15) is 4.79 Å². The summed E-state index contributed by atoms with van der Waals surface area (Å²) in [5.41, 5.74) is 7.17. The van der Waals surface area contributed by atoms with E-state index in [0.29, 0.717) is 5.41 Å². The maximum absolute atomic E-state index is 13.0. The molecule has 0 aromatic heterocycles. The molecule has 0 N–H and O–H groups in total. The Morgan fingerprint density at radius 2 is 1.70 bits per heavy atom. The number of likely N-dealkylation sites (tertiary alicyclic amines) is 1. The van der Waals surface area contributed by atoms with Crippen molar-refractivity contribution in [3.8, 4) is 11.1 Å². The van der Waals surface area contributed by atoms with Crippen molar-refractivity contribution >= 4 is 52.8 Å². The molecule has 6 nitrogen and oxygen atoms in total. The summed E-state index contributed by atoms with van der Waals surface area (Å²) in [7, 11) is -0.325. The Hall–Kier alpha value is -1.84. The Bertz CT molecular complexity index is 1490. The van der Waals surface area contributed by atoms with Gasteiger partial charge >= 0.3 is 269 Å². The van der Waals surface area contributed by atoms with Gasteiger partial charge < -0.3 is 0 Å². The van der Waals surface area contributed by atoms with Gasteiger partial charge in [-0.05, 0) is 0 Å². The molecule has 1 saturated carbocycles. The van der Waals surface area contributed by atoms with E-state index in [4.69, 9.17) is 19.0 Å². The molecule has 2 radical (unpaired) electrons. The molecule has 0 unspecified atom stereocenters. The second kappa shape index (κ2) is 10.3. The number of fused-ring (bicyclic) bond motifs is 2. The van der Waals surface area contributed by atoms with Crippen LogP contribution in [-0.4, -0.2) is 72.4 Å². The summed E-state index contributed by atoms with van der Waals surface area (Å²) in [5.74, 6) is 0. The van der Waals surface area contributed by atoms with Crippen LogP contribution in [0.15, 0.2) is 35.3 Å². The number of hydrogen-bond acceptors (Lipinski definition) is 5. The molecule has 1 atom stereocenters. The Morgan fingerprint density at radius 1 is 1.00 bits per heavy atom. The number of nitrogens with zero attached hydrogens (tertiary/aromatic N) is 2.